The number of nitrogens with one attached hydrogen (secondary N) is 1. The van der Waals surface area contributed by atoms with Crippen molar-refractivity contribution in [3.05, 3.63) is 70.8 Å². The first kappa shape index (κ1) is 14.1. The highest BCUT2D eigenvalue weighted by atomic mass is 16.1. The Morgan fingerprint density at radius 3 is 2.30 bits per heavy atom. The van der Waals surface area contributed by atoms with Gasteiger partial charge < -0.3 is 5.32 Å². The fourth-order valence-corrected chi connectivity index (χ4v) is 1.85. The van der Waals surface area contributed by atoms with Crippen LogP contribution in [0.15, 0.2) is 48.5 Å². The van der Waals surface area contributed by atoms with Crippen LogP contribution >= 0.6 is 0 Å². The van der Waals surface area contributed by atoms with Crippen molar-refractivity contribution < 1.29 is 4.79 Å². The van der Waals surface area contributed by atoms with Gasteiger partial charge in [0, 0.05) is 11.8 Å². The number of carbonyl (C=O) groups excluding carboxylic acids is 1. The molecule has 2 heteroatoms. The molecule has 0 unspecified atom stereocenters. The van der Waals surface area contributed by atoms with E-state index >= 15 is 0 Å². The van der Waals surface area contributed by atoms with Crippen LogP contribution in [-0.4, -0.2) is 5.91 Å². The van der Waals surface area contributed by atoms with Gasteiger partial charge in [-0.3, -0.25) is 4.79 Å². The molecule has 0 heterocycles. The lowest BCUT2D eigenvalue weighted by Crippen LogP contribution is -2.07. The Balaban J connectivity index is 2.01. The van der Waals surface area contributed by atoms with Crippen LogP contribution in [0.25, 0.3) is 6.08 Å². The molecule has 20 heavy (non-hydrogen) atoms. The first-order valence-electron chi connectivity index (χ1n) is 6.67. The zero-order valence-electron chi connectivity index (χ0n) is 12.1. The summed E-state index contributed by atoms with van der Waals surface area (Å²) in [4.78, 5) is 11.9. The molecule has 0 atom stereocenters. The molecule has 0 saturated carbocycles. The van der Waals surface area contributed by atoms with Crippen LogP contribution in [0.5, 0.6) is 0 Å². The van der Waals surface area contributed by atoms with Crippen molar-refractivity contribution in [3.8, 4) is 0 Å². The zero-order valence-corrected chi connectivity index (χ0v) is 12.1. The first-order valence-corrected chi connectivity index (χ1v) is 6.67. The molecule has 2 nitrogen and oxygen atoms in total. The molecule has 1 amide bonds. The van der Waals surface area contributed by atoms with Gasteiger partial charge >= 0.3 is 0 Å². The second kappa shape index (κ2) is 6.20. The van der Waals surface area contributed by atoms with Crippen molar-refractivity contribution >= 4 is 17.7 Å². The average Bonchev–Trinajstić information content (AvgIpc) is 2.42. The van der Waals surface area contributed by atoms with Gasteiger partial charge in [-0.2, -0.15) is 0 Å². The maximum absolute atomic E-state index is 11.9. The Morgan fingerprint density at radius 2 is 1.65 bits per heavy atom. The highest BCUT2D eigenvalue weighted by Gasteiger charge is 1.99. The molecule has 1 N–H and O–H groups in total. The Morgan fingerprint density at radius 1 is 0.950 bits per heavy atom. The third-order valence-electron chi connectivity index (χ3n) is 3.28. The minimum absolute atomic E-state index is 0.117. The van der Waals surface area contributed by atoms with Crippen LogP contribution in [0.1, 0.15) is 22.3 Å². The molecule has 2 aromatic carbocycles. The number of benzene rings is 2. The van der Waals surface area contributed by atoms with Crippen LogP contribution in [0.2, 0.25) is 0 Å². The van der Waals surface area contributed by atoms with Crippen molar-refractivity contribution in [2.75, 3.05) is 5.32 Å². The molecule has 0 radical (unpaired) electrons. The SMILES string of the molecule is Cc1ccc(/C=C\C(=O)Nc2ccc(C)c(C)c2)cc1. The van der Waals surface area contributed by atoms with E-state index in [0.717, 1.165) is 11.3 Å². The highest BCUT2D eigenvalue weighted by Crippen LogP contribution is 2.14. The van der Waals surface area contributed by atoms with E-state index in [0.29, 0.717) is 0 Å². The number of anilines is 1. The van der Waals surface area contributed by atoms with Gasteiger partial charge in [-0.25, -0.2) is 0 Å². The van der Waals surface area contributed by atoms with E-state index in [1.54, 1.807) is 6.08 Å². The number of aryl methyl sites for hydroxylation is 3. The molecule has 0 aromatic heterocycles. The van der Waals surface area contributed by atoms with Crippen LogP contribution in [-0.2, 0) is 4.79 Å². The van der Waals surface area contributed by atoms with Crippen molar-refractivity contribution in [2.24, 2.45) is 0 Å². The first-order chi connectivity index (χ1) is 9.54. The summed E-state index contributed by atoms with van der Waals surface area (Å²) in [5, 5.41) is 2.87. The van der Waals surface area contributed by atoms with Crippen molar-refractivity contribution in [3.63, 3.8) is 0 Å². The maximum atomic E-state index is 11.9. The van der Waals surface area contributed by atoms with E-state index in [4.69, 9.17) is 0 Å². The summed E-state index contributed by atoms with van der Waals surface area (Å²) in [7, 11) is 0. The Kier molecular flexibility index (Phi) is 4.36. The summed E-state index contributed by atoms with van der Waals surface area (Å²) >= 11 is 0. The largest absolute Gasteiger partial charge is 0.323 e. The second-order valence-electron chi connectivity index (χ2n) is 5.03. The summed E-state index contributed by atoms with van der Waals surface area (Å²) in [5.41, 5.74) is 5.45. The lowest BCUT2D eigenvalue weighted by molar-refractivity contribution is -0.111. The summed E-state index contributed by atoms with van der Waals surface area (Å²) < 4.78 is 0. The highest BCUT2D eigenvalue weighted by molar-refractivity contribution is 6.01. The summed E-state index contributed by atoms with van der Waals surface area (Å²) in [5.74, 6) is -0.117. The van der Waals surface area contributed by atoms with Gasteiger partial charge in [0.15, 0.2) is 0 Å². The van der Waals surface area contributed by atoms with E-state index in [9.17, 15) is 4.79 Å². The minimum Gasteiger partial charge on any atom is -0.323 e. The fraction of sp³-hybridized carbons (Fsp3) is 0.167. The standard InChI is InChI=1S/C18H19NO/c1-13-4-7-16(8-5-13)9-11-18(20)19-17-10-6-14(2)15(3)12-17/h4-12H,1-3H3,(H,19,20)/b11-9-. The molecule has 0 aliphatic carbocycles. The molecule has 0 aliphatic heterocycles. The van der Waals surface area contributed by atoms with Crippen LogP contribution in [0.3, 0.4) is 0 Å². The van der Waals surface area contributed by atoms with Crippen LogP contribution < -0.4 is 5.32 Å². The Hall–Kier alpha value is -2.35. The van der Waals surface area contributed by atoms with E-state index in [2.05, 4.69) is 12.2 Å². The zero-order chi connectivity index (χ0) is 14.5. The second-order valence-corrected chi connectivity index (χ2v) is 5.03. The predicted molar refractivity (Wildman–Crippen MR) is 84.8 cm³/mol. The number of amides is 1. The number of hydrogen-bond donors (Lipinski definition) is 1. The van der Waals surface area contributed by atoms with Gasteiger partial charge in [0.05, 0.1) is 0 Å². The molecule has 0 spiro atoms. The van der Waals surface area contributed by atoms with Gasteiger partial charge in [-0.15, -0.1) is 0 Å². The van der Waals surface area contributed by atoms with Gasteiger partial charge in [0.1, 0.15) is 0 Å². The number of hydrogen-bond acceptors (Lipinski definition) is 1. The fourth-order valence-electron chi connectivity index (χ4n) is 1.85. The summed E-state index contributed by atoms with van der Waals surface area (Å²) in [6, 6.07) is 14.0. The lowest BCUT2D eigenvalue weighted by Gasteiger charge is -2.05. The summed E-state index contributed by atoms with van der Waals surface area (Å²) in [6.07, 6.45) is 3.37. The molecule has 0 fully saturated rings. The monoisotopic (exact) mass is 265 g/mol. The van der Waals surface area contributed by atoms with Gasteiger partial charge in [-0.1, -0.05) is 35.9 Å². The van der Waals surface area contributed by atoms with E-state index < -0.39 is 0 Å². The molecule has 0 saturated heterocycles. The van der Waals surface area contributed by atoms with Gasteiger partial charge in [-0.05, 0) is 55.7 Å². The van der Waals surface area contributed by atoms with Gasteiger partial charge in [0.25, 0.3) is 0 Å². The molecule has 0 bridgehead atoms. The van der Waals surface area contributed by atoms with Crippen LogP contribution in [0.4, 0.5) is 5.69 Å². The normalized spacial score (nSPS) is 10.8. The smallest absolute Gasteiger partial charge is 0.248 e. The Bertz CT molecular complexity index is 639. The molecular formula is C18H19NO. The van der Waals surface area contributed by atoms with Crippen LogP contribution in [0, 0.1) is 20.8 Å². The number of carbonyl (C=O) groups is 1. The topological polar surface area (TPSA) is 29.1 Å². The summed E-state index contributed by atoms with van der Waals surface area (Å²) in [6.45, 7) is 6.13. The number of rotatable bonds is 3. The third-order valence-corrected chi connectivity index (χ3v) is 3.28. The molecule has 2 aromatic rings. The molecule has 0 aliphatic rings. The van der Waals surface area contributed by atoms with E-state index in [-0.39, 0.29) is 5.91 Å². The van der Waals surface area contributed by atoms with Crippen molar-refractivity contribution in [1.82, 2.24) is 0 Å². The van der Waals surface area contributed by atoms with Gasteiger partial charge in [0.2, 0.25) is 5.91 Å². The molecular weight excluding hydrogens is 246 g/mol. The Labute approximate surface area is 120 Å². The minimum atomic E-state index is -0.117. The average molecular weight is 265 g/mol. The lowest BCUT2D eigenvalue weighted by atomic mass is 10.1. The van der Waals surface area contributed by atoms with Crippen molar-refractivity contribution in [2.45, 2.75) is 20.8 Å². The predicted octanol–water partition coefficient (Wildman–Crippen LogP) is 4.26. The molecule has 102 valence electrons. The maximum Gasteiger partial charge on any atom is 0.248 e. The quantitative estimate of drug-likeness (QED) is 0.825. The van der Waals surface area contributed by atoms with E-state index in [1.807, 2.05) is 62.4 Å². The molecule has 2 rings (SSSR count). The van der Waals surface area contributed by atoms with E-state index in [1.165, 1.54) is 16.7 Å². The third kappa shape index (κ3) is 3.82. The van der Waals surface area contributed by atoms with Crippen molar-refractivity contribution in [1.29, 1.82) is 0 Å².